The van der Waals surface area contributed by atoms with E-state index in [1.54, 1.807) is 11.0 Å². The third-order valence-electron chi connectivity index (χ3n) is 6.46. The Kier molecular flexibility index (Phi) is 6.75. The van der Waals surface area contributed by atoms with Crippen molar-refractivity contribution in [1.29, 1.82) is 0 Å². The van der Waals surface area contributed by atoms with Crippen LogP contribution in [-0.2, 0) is 4.79 Å². The summed E-state index contributed by atoms with van der Waals surface area (Å²) in [5.41, 5.74) is 2.18. The van der Waals surface area contributed by atoms with E-state index in [0.717, 1.165) is 5.57 Å². The van der Waals surface area contributed by atoms with Crippen molar-refractivity contribution in [2.24, 2.45) is 5.92 Å². The maximum absolute atomic E-state index is 14.4. The average Bonchev–Trinajstić information content (AvgIpc) is 3.30. The lowest BCUT2D eigenvalue weighted by Crippen LogP contribution is -2.31. The number of amides is 1. The fourth-order valence-corrected chi connectivity index (χ4v) is 7.38. The first-order valence-corrected chi connectivity index (χ1v) is 14.3. The highest BCUT2D eigenvalue weighted by Gasteiger charge is 2.37. The van der Waals surface area contributed by atoms with Crippen LogP contribution in [0.1, 0.15) is 5.56 Å². The van der Waals surface area contributed by atoms with Crippen LogP contribution in [0.25, 0.3) is 0 Å². The molecule has 0 N–H and O–H groups in total. The molecule has 6 heteroatoms. The Bertz CT molecular complexity index is 1620. The van der Waals surface area contributed by atoms with Crippen molar-refractivity contribution >= 4 is 30.0 Å². The second-order valence-corrected chi connectivity index (χ2v) is 11.4. The van der Waals surface area contributed by atoms with Crippen molar-refractivity contribution in [3.8, 4) is 11.5 Å². The molecule has 4 nitrogen and oxygen atoms in total. The van der Waals surface area contributed by atoms with E-state index in [1.165, 1.54) is 12.1 Å². The highest BCUT2D eigenvalue weighted by atomic mass is 31.2. The van der Waals surface area contributed by atoms with E-state index < -0.39 is 7.34 Å². The van der Waals surface area contributed by atoms with Gasteiger partial charge in [-0.1, -0.05) is 85.0 Å². The number of halogens is 1. The first-order valence-electron chi connectivity index (χ1n) is 12.6. The topological polar surface area (TPSA) is 38.8 Å². The van der Waals surface area contributed by atoms with Gasteiger partial charge in [0, 0.05) is 12.0 Å². The molecular weight excluding hydrogens is 508 g/mol. The SMILES string of the molecule is O=C1C2C=CC=CC2=CN1c1ccccc1P(=Cc1cccc(F)c1)(Oc1ccccc1)Oc1ccccc1. The molecule has 1 amide bonds. The number of rotatable bonds is 7. The molecule has 4 aromatic rings. The predicted molar refractivity (Wildman–Crippen MR) is 156 cm³/mol. The molecule has 2 aliphatic rings. The summed E-state index contributed by atoms with van der Waals surface area (Å²) in [6, 6.07) is 32.7. The van der Waals surface area contributed by atoms with E-state index in [-0.39, 0.29) is 17.6 Å². The number of carbonyl (C=O) groups is 1. The zero-order valence-electron chi connectivity index (χ0n) is 20.9. The normalized spacial score (nSPS) is 16.0. The summed E-state index contributed by atoms with van der Waals surface area (Å²) in [6.07, 6.45) is 9.54. The fraction of sp³-hybridized carbons (Fsp3) is 0.0303. The highest BCUT2D eigenvalue weighted by molar-refractivity contribution is 7.74. The lowest BCUT2D eigenvalue weighted by molar-refractivity contribution is -0.118. The van der Waals surface area contributed by atoms with Gasteiger partial charge >= 0.3 is 0 Å². The molecule has 39 heavy (non-hydrogen) atoms. The van der Waals surface area contributed by atoms with Crippen LogP contribution in [-0.4, -0.2) is 11.7 Å². The molecule has 1 heterocycles. The zero-order chi connectivity index (χ0) is 26.7. The molecule has 1 unspecified atom stereocenters. The molecule has 0 aromatic heterocycles. The molecule has 0 saturated carbocycles. The summed E-state index contributed by atoms with van der Waals surface area (Å²) in [4.78, 5) is 15.3. The van der Waals surface area contributed by atoms with Crippen molar-refractivity contribution in [1.82, 2.24) is 0 Å². The number of nitrogens with zero attached hydrogens (tertiary/aromatic N) is 1. The Labute approximate surface area is 227 Å². The summed E-state index contributed by atoms with van der Waals surface area (Å²) in [5, 5.41) is 0.693. The van der Waals surface area contributed by atoms with Gasteiger partial charge < -0.3 is 9.05 Å². The number of anilines is 1. The van der Waals surface area contributed by atoms with Crippen molar-refractivity contribution in [2.45, 2.75) is 0 Å². The summed E-state index contributed by atoms with van der Waals surface area (Å²) >= 11 is 0. The smallest absolute Gasteiger partial charge is 0.255 e. The minimum absolute atomic E-state index is 0.0543. The zero-order valence-corrected chi connectivity index (χ0v) is 21.8. The standard InChI is InChI=1S/C33H25FNO3P/c34-27-14-11-12-25(22-27)24-39(37-28-15-3-1-4-16-28,38-29-17-5-2-6-18-29)32-21-10-9-20-31(32)35-23-26-13-7-8-19-30(26)33(35)36/h1-24,30H. The molecule has 0 spiro atoms. The van der Waals surface area contributed by atoms with Gasteiger partial charge in [0.2, 0.25) is 5.91 Å². The predicted octanol–water partition coefficient (Wildman–Crippen LogP) is 7.28. The van der Waals surface area contributed by atoms with Crippen molar-refractivity contribution in [3.05, 3.63) is 157 Å². The molecule has 4 aromatic carbocycles. The molecular formula is C33H25FNO3P. The van der Waals surface area contributed by atoms with Gasteiger partial charge in [-0.05, 0) is 59.7 Å². The van der Waals surface area contributed by atoms with Crippen LogP contribution in [0, 0.1) is 11.7 Å². The van der Waals surface area contributed by atoms with Gasteiger partial charge in [-0.15, -0.1) is 0 Å². The number of carbonyl (C=O) groups excluding carboxylic acids is 1. The monoisotopic (exact) mass is 533 g/mol. The van der Waals surface area contributed by atoms with Crippen molar-refractivity contribution in [2.75, 3.05) is 4.90 Å². The molecule has 0 bridgehead atoms. The molecule has 1 aliphatic carbocycles. The first-order chi connectivity index (χ1) is 19.1. The van der Waals surface area contributed by atoms with Gasteiger partial charge in [-0.25, -0.2) is 4.39 Å². The molecule has 1 aliphatic heterocycles. The van der Waals surface area contributed by atoms with Crippen LogP contribution in [0.2, 0.25) is 0 Å². The third kappa shape index (κ3) is 5.09. The number of hydrogen-bond acceptors (Lipinski definition) is 3. The van der Waals surface area contributed by atoms with Gasteiger partial charge in [0.25, 0.3) is 7.34 Å². The van der Waals surface area contributed by atoms with E-state index >= 15 is 0 Å². The van der Waals surface area contributed by atoms with Crippen LogP contribution in [0.3, 0.4) is 0 Å². The third-order valence-corrected chi connectivity index (χ3v) is 9.11. The summed E-state index contributed by atoms with van der Waals surface area (Å²) < 4.78 is 28.0. The number of fused-ring (bicyclic) bond motifs is 1. The molecule has 1 atom stereocenters. The van der Waals surface area contributed by atoms with E-state index in [9.17, 15) is 9.18 Å². The Balaban J connectivity index is 1.60. The minimum Gasteiger partial charge on any atom is -0.440 e. The maximum Gasteiger partial charge on any atom is 0.255 e. The molecule has 0 saturated heterocycles. The first kappa shape index (κ1) is 24.7. The summed E-state index contributed by atoms with van der Waals surface area (Å²) in [7, 11) is -3.24. The number of allylic oxidation sites excluding steroid dienone is 3. The molecule has 0 radical (unpaired) electrons. The Morgan fingerprint density at radius 1 is 0.769 bits per heavy atom. The number of benzene rings is 4. The molecule has 6 rings (SSSR count). The van der Waals surface area contributed by atoms with Crippen molar-refractivity contribution < 1.29 is 18.2 Å². The van der Waals surface area contributed by atoms with Gasteiger partial charge in [-0.3, -0.25) is 9.69 Å². The second-order valence-electron chi connectivity index (χ2n) is 9.14. The van der Waals surface area contributed by atoms with Crippen LogP contribution in [0.5, 0.6) is 11.5 Å². The van der Waals surface area contributed by atoms with E-state index in [0.29, 0.717) is 28.1 Å². The number of hydrogen-bond donors (Lipinski definition) is 0. The van der Waals surface area contributed by atoms with Gasteiger partial charge in [0.1, 0.15) is 17.3 Å². The lowest BCUT2D eigenvalue weighted by Gasteiger charge is -2.31. The molecule has 0 fully saturated rings. The van der Waals surface area contributed by atoms with Crippen LogP contribution in [0.4, 0.5) is 10.1 Å². The van der Waals surface area contributed by atoms with Crippen LogP contribution in [0.15, 0.2) is 145 Å². The summed E-state index contributed by atoms with van der Waals surface area (Å²) in [5.74, 6) is 2.28. The summed E-state index contributed by atoms with van der Waals surface area (Å²) in [6.45, 7) is 0. The lowest BCUT2D eigenvalue weighted by atomic mass is 9.97. The van der Waals surface area contributed by atoms with E-state index in [1.807, 2.05) is 127 Å². The fourth-order valence-electron chi connectivity index (χ4n) is 4.69. The highest BCUT2D eigenvalue weighted by Crippen LogP contribution is 2.52. The van der Waals surface area contributed by atoms with Gasteiger partial charge in [-0.2, -0.15) is 0 Å². The largest absolute Gasteiger partial charge is 0.440 e. The Morgan fingerprint density at radius 3 is 2.10 bits per heavy atom. The maximum atomic E-state index is 14.4. The quantitative estimate of drug-likeness (QED) is 0.234. The van der Waals surface area contributed by atoms with Gasteiger partial charge in [0.15, 0.2) is 0 Å². The average molecular weight is 534 g/mol. The van der Waals surface area contributed by atoms with E-state index in [2.05, 4.69) is 0 Å². The Morgan fingerprint density at radius 2 is 1.44 bits per heavy atom. The Hall–Kier alpha value is -4.60. The van der Waals surface area contributed by atoms with E-state index in [4.69, 9.17) is 9.05 Å². The number of para-hydroxylation sites is 3. The minimum atomic E-state index is -3.24. The van der Waals surface area contributed by atoms with Crippen LogP contribution < -0.4 is 19.3 Å². The van der Waals surface area contributed by atoms with Crippen LogP contribution >= 0.6 is 7.34 Å². The van der Waals surface area contributed by atoms with Gasteiger partial charge in [0.05, 0.1) is 16.9 Å². The van der Waals surface area contributed by atoms with Crippen molar-refractivity contribution in [3.63, 3.8) is 0 Å². The molecule has 192 valence electrons. The second kappa shape index (κ2) is 10.6.